The van der Waals surface area contributed by atoms with E-state index in [-0.39, 0.29) is 36.0 Å². The number of carbonyl (C=O) groups is 3. The van der Waals surface area contributed by atoms with Crippen molar-refractivity contribution in [1.29, 1.82) is 0 Å². The van der Waals surface area contributed by atoms with E-state index in [0.29, 0.717) is 25.8 Å². The number of likely N-dealkylation sites (tertiary alicyclic amines) is 1. The molecule has 2 aliphatic rings. The minimum absolute atomic E-state index is 0.00304. The molecule has 25 heavy (non-hydrogen) atoms. The molecule has 1 aromatic rings. The second-order valence-corrected chi connectivity index (χ2v) is 6.69. The summed E-state index contributed by atoms with van der Waals surface area (Å²) in [5.74, 6) is -1.17. The molecule has 6 nitrogen and oxygen atoms in total. The molecule has 3 atom stereocenters. The number of carbonyl (C=O) groups excluding carboxylic acids is 3. The van der Waals surface area contributed by atoms with Gasteiger partial charge in [-0.1, -0.05) is 12.1 Å². The highest BCUT2D eigenvalue weighted by Gasteiger charge is 2.43. The van der Waals surface area contributed by atoms with Crippen molar-refractivity contribution in [2.45, 2.75) is 37.8 Å². The average molecular weight is 347 g/mol. The standard InChI is InChI=1S/C18H22FN3O3/c1-22-16(24)10-14(17(22)11-2-4-12(19)5-3-11)18(25)21-13-6-7-15(23)20-9-8-13/h2-5,13-14,17H,6-10H2,1H3,(H,20,23)(H,21,25)/t13?,14-,17+/m0/s1. The van der Waals surface area contributed by atoms with Crippen molar-refractivity contribution >= 4 is 17.7 Å². The number of rotatable bonds is 3. The summed E-state index contributed by atoms with van der Waals surface area (Å²) < 4.78 is 13.2. The zero-order chi connectivity index (χ0) is 18.0. The van der Waals surface area contributed by atoms with Crippen molar-refractivity contribution in [3.63, 3.8) is 0 Å². The van der Waals surface area contributed by atoms with Gasteiger partial charge in [-0.05, 0) is 30.5 Å². The Hall–Kier alpha value is -2.44. The van der Waals surface area contributed by atoms with Crippen LogP contribution in [0.15, 0.2) is 24.3 Å². The Labute approximate surface area is 145 Å². The summed E-state index contributed by atoms with van der Waals surface area (Å²) in [6.07, 6.45) is 1.79. The van der Waals surface area contributed by atoms with Gasteiger partial charge in [0.2, 0.25) is 17.7 Å². The van der Waals surface area contributed by atoms with Gasteiger partial charge < -0.3 is 15.5 Å². The highest BCUT2D eigenvalue weighted by Crippen LogP contribution is 2.37. The third-order valence-electron chi connectivity index (χ3n) is 5.02. The lowest BCUT2D eigenvalue weighted by Gasteiger charge is -2.26. The smallest absolute Gasteiger partial charge is 0.226 e. The summed E-state index contributed by atoms with van der Waals surface area (Å²) in [5.41, 5.74) is 0.743. The van der Waals surface area contributed by atoms with Gasteiger partial charge >= 0.3 is 0 Å². The maximum atomic E-state index is 13.2. The summed E-state index contributed by atoms with van der Waals surface area (Å²) in [7, 11) is 1.66. The van der Waals surface area contributed by atoms with Crippen LogP contribution in [0.25, 0.3) is 0 Å². The Balaban J connectivity index is 1.74. The zero-order valence-corrected chi connectivity index (χ0v) is 14.1. The van der Waals surface area contributed by atoms with Gasteiger partial charge in [0.1, 0.15) is 5.82 Å². The molecule has 3 amide bonds. The highest BCUT2D eigenvalue weighted by atomic mass is 19.1. The maximum absolute atomic E-state index is 13.2. The number of nitrogens with one attached hydrogen (secondary N) is 2. The van der Waals surface area contributed by atoms with E-state index in [1.54, 1.807) is 24.1 Å². The van der Waals surface area contributed by atoms with Crippen molar-refractivity contribution < 1.29 is 18.8 Å². The molecule has 2 saturated heterocycles. The number of amides is 3. The molecule has 0 spiro atoms. The van der Waals surface area contributed by atoms with Gasteiger partial charge in [-0.25, -0.2) is 4.39 Å². The first-order valence-electron chi connectivity index (χ1n) is 8.54. The van der Waals surface area contributed by atoms with E-state index < -0.39 is 12.0 Å². The topological polar surface area (TPSA) is 78.5 Å². The summed E-state index contributed by atoms with van der Waals surface area (Å²) in [6.45, 7) is 0.536. The van der Waals surface area contributed by atoms with Crippen molar-refractivity contribution in [2.24, 2.45) is 5.92 Å². The van der Waals surface area contributed by atoms with Crippen LogP contribution in [0.2, 0.25) is 0 Å². The molecule has 0 saturated carbocycles. The van der Waals surface area contributed by atoms with Crippen molar-refractivity contribution in [3.05, 3.63) is 35.6 Å². The van der Waals surface area contributed by atoms with Crippen LogP contribution in [-0.2, 0) is 14.4 Å². The fourth-order valence-corrected chi connectivity index (χ4v) is 3.60. The Morgan fingerprint density at radius 2 is 1.96 bits per heavy atom. The summed E-state index contributed by atoms with van der Waals surface area (Å²) in [4.78, 5) is 37.9. The minimum atomic E-state index is -0.519. The second-order valence-electron chi connectivity index (χ2n) is 6.69. The first-order valence-corrected chi connectivity index (χ1v) is 8.54. The van der Waals surface area contributed by atoms with Gasteiger partial charge in [0.15, 0.2) is 0 Å². The van der Waals surface area contributed by atoms with E-state index in [1.165, 1.54) is 12.1 Å². The van der Waals surface area contributed by atoms with Gasteiger partial charge in [-0.2, -0.15) is 0 Å². The Morgan fingerprint density at radius 1 is 1.24 bits per heavy atom. The van der Waals surface area contributed by atoms with E-state index in [9.17, 15) is 18.8 Å². The van der Waals surface area contributed by atoms with E-state index in [1.807, 2.05) is 0 Å². The number of halogens is 1. The minimum Gasteiger partial charge on any atom is -0.356 e. The molecule has 134 valence electrons. The third-order valence-corrected chi connectivity index (χ3v) is 5.02. The molecular weight excluding hydrogens is 325 g/mol. The number of hydrogen-bond acceptors (Lipinski definition) is 3. The predicted molar refractivity (Wildman–Crippen MR) is 88.8 cm³/mol. The maximum Gasteiger partial charge on any atom is 0.226 e. The largest absolute Gasteiger partial charge is 0.356 e. The Bertz CT molecular complexity index is 677. The second kappa shape index (κ2) is 7.21. The number of hydrogen-bond donors (Lipinski definition) is 2. The molecule has 7 heteroatoms. The molecular formula is C18H22FN3O3. The van der Waals surface area contributed by atoms with Crippen LogP contribution >= 0.6 is 0 Å². The van der Waals surface area contributed by atoms with Gasteiger partial charge in [0.05, 0.1) is 12.0 Å². The molecule has 0 bridgehead atoms. The van der Waals surface area contributed by atoms with Crippen LogP contribution < -0.4 is 10.6 Å². The SMILES string of the molecule is CN1C(=O)C[C@H](C(=O)NC2CCNC(=O)CC2)[C@H]1c1ccc(F)cc1. The van der Waals surface area contributed by atoms with Crippen molar-refractivity contribution in [1.82, 2.24) is 15.5 Å². The average Bonchev–Trinajstić information content (AvgIpc) is 2.75. The fraction of sp³-hybridized carbons (Fsp3) is 0.500. The molecule has 0 aliphatic carbocycles. The highest BCUT2D eigenvalue weighted by molar-refractivity contribution is 5.90. The summed E-state index contributed by atoms with van der Waals surface area (Å²) in [5, 5.41) is 5.77. The van der Waals surface area contributed by atoms with Crippen LogP contribution in [0.4, 0.5) is 4.39 Å². The van der Waals surface area contributed by atoms with E-state index >= 15 is 0 Å². The molecule has 1 aromatic carbocycles. The summed E-state index contributed by atoms with van der Waals surface area (Å²) >= 11 is 0. The van der Waals surface area contributed by atoms with Crippen LogP contribution in [0.3, 0.4) is 0 Å². The van der Waals surface area contributed by atoms with E-state index in [4.69, 9.17) is 0 Å². The summed E-state index contributed by atoms with van der Waals surface area (Å²) in [6, 6.07) is 5.42. The molecule has 2 aliphatic heterocycles. The zero-order valence-electron chi connectivity index (χ0n) is 14.1. The van der Waals surface area contributed by atoms with Crippen molar-refractivity contribution in [2.75, 3.05) is 13.6 Å². The molecule has 2 heterocycles. The lowest BCUT2D eigenvalue weighted by atomic mass is 9.92. The third kappa shape index (κ3) is 3.81. The predicted octanol–water partition coefficient (Wildman–Crippen LogP) is 1.13. The normalized spacial score (nSPS) is 27.0. The van der Waals surface area contributed by atoms with Gasteiger partial charge in [0.25, 0.3) is 0 Å². The Kier molecular flexibility index (Phi) is 5.01. The number of benzene rings is 1. The molecule has 3 rings (SSSR count). The Morgan fingerprint density at radius 3 is 2.68 bits per heavy atom. The lowest BCUT2D eigenvalue weighted by molar-refractivity contribution is -0.128. The first kappa shape index (κ1) is 17.4. The fourth-order valence-electron chi connectivity index (χ4n) is 3.60. The molecule has 0 radical (unpaired) electrons. The van der Waals surface area contributed by atoms with Gasteiger partial charge in [0, 0.05) is 32.5 Å². The van der Waals surface area contributed by atoms with Crippen LogP contribution in [0.1, 0.15) is 37.3 Å². The van der Waals surface area contributed by atoms with E-state index in [2.05, 4.69) is 10.6 Å². The molecule has 2 N–H and O–H groups in total. The lowest BCUT2D eigenvalue weighted by Crippen LogP contribution is -2.41. The molecule has 2 fully saturated rings. The quantitative estimate of drug-likeness (QED) is 0.860. The van der Waals surface area contributed by atoms with Gasteiger partial charge in [-0.3, -0.25) is 14.4 Å². The van der Waals surface area contributed by atoms with Crippen molar-refractivity contribution in [3.8, 4) is 0 Å². The van der Waals surface area contributed by atoms with E-state index in [0.717, 1.165) is 5.56 Å². The first-order chi connectivity index (χ1) is 12.0. The molecule has 0 aromatic heterocycles. The van der Waals surface area contributed by atoms with Crippen LogP contribution in [0.5, 0.6) is 0 Å². The monoisotopic (exact) mass is 347 g/mol. The van der Waals surface area contributed by atoms with Crippen LogP contribution in [0, 0.1) is 11.7 Å². The van der Waals surface area contributed by atoms with Crippen LogP contribution in [-0.4, -0.2) is 42.3 Å². The number of nitrogens with zero attached hydrogens (tertiary/aromatic N) is 1. The van der Waals surface area contributed by atoms with Gasteiger partial charge in [-0.15, -0.1) is 0 Å². The molecule has 1 unspecified atom stereocenters.